The molecule has 0 bridgehead atoms. The molecule has 2 aliphatic rings. The van der Waals surface area contributed by atoms with Gasteiger partial charge in [0.15, 0.2) is 0 Å². The molecule has 2 N–H and O–H groups in total. The predicted octanol–water partition coefficient (Wildman–Crippen LogP) is 3.82. The fraction of sp³-hybridized carbons (Fsp3) is 0.368. The Bertz CT molecular complexity index is 714. The van der Waals surface area contributed by atoms with Gasteiger partial charge in [-0.05, 0) is 30.4 Å². The Hall–Kier alpha value is -1.62. The van der Waals surface area contributed by atoms with Crippen LogP contribution in [-0.2, 0) is 0 Å². The molecule has 0 spiro atoms. The number of nitrogens with two attached hydrogens (primary N) is 1. The van der Waals surface area contributed by atoms with Crippen molar-refractivity contribution in [3.05, 3.63) is 60.1 Å². The molecule has 1 aromatic heterocycles. The molecular formula is C19H24Cl2N4. The van der Waals surface area contributed by atoms with E-state index in [4.69, 9.17) is 5.73 Å². The van der Waals surface area contributed by atoms with Gasteiger partial charge in [-0.15, -0.1) is 24.8 Å². The Labute approximate surface area is 161 Å². The van der Waals surface area contributed by atoms with Gasteiger partial charge in [-0.25, -0.2) is 9.97 Å². The van der Waals surface area contributed by atoms with Crippen LogP contribution in [0.3, 0.4) is 0 Å². The number of rotatable bonds is 3. The average Bonchev–Trinajstić information content (AvgIpc) is 2.60. The van der Waals surface area contributed by atoms with E-state index >= 15 is 0 Å². The molecule has 0 radical (unpaired) electrons. The lowest BCUT2D eigenvalue weighted by Gasteiger charge is -2.33. The predicted molar refractivity (Wildman–Crippen MR) is 108 cm³/mol. The average molecular weight is 379 g/mol. The van der Waals surface area contributed by atoms with Crippen LogP contribution >= 0.6 is 24.8 Å². The summed E-state index contributed by atoms with van der Waals surface area (Å²) in [6.45, 7) is 1.91. The molecule has 6 heteroatoms. The highest BCUT2D eigenvalue weighted by atomic mass is 35.5. The third-order valence-corrected chi connectivity index (χ3v) is 4.94. The number of hydrogen-bond acceptors (Lipinski definition) is 4. The van der Waals surface area contributed by atoms with Gasteiger partial charge < -0.3 is 10.6 Å². The first-order valence-electron chi connectivity index (χ1n) is 8.36. The van der Waals surface area contributed by atoms with E-state index in [1.807, 2.05) is 0 Å². The van der Waals surface area contributed by atoms with Gasteiger partial charge >= 0.3 is 0 Å². The first-order chi connectivity index (χ1) is 11.3. The van der Waals surface area contributed by atoms with Crippen molar-refractivity contribution in [2.75, 3.05) is 18.0 Å². The van der Waals surface area contributed by atoms with Crippen molar-refractivity contribution in [2.45, 2.75) is 31.2 Å². The van der Waals surface area contributed by atoms with Crippen LogP contribution in [0, 0.1) is 0 Å². The lowest BCUT2D eigenvalue weighted by atomic mass is 9.78. The molecule has 1 aliphatic heterocycles. The molecule has 0 atom stereocenters. The number of nitrogens with zero attached hydrogens (tertiary/aromatic N) is 3. The van der Waals surface area contributed by atoms with E-state index in [1.54, 1.807) is 6.33 Å². The lowest BCUT2D eigenvalue weighted by Crippen LogP contribution is -2.35. The van der Waals surface area contributed by atoms with Crippen molar-refractivity contribution in [3.8, 4) is 0 Å². The smallest absolute Gasteiger partial charge is 0.132 e. The first kappa shape index (κ1) is 19.7. The van der Waals surface area contributed by atoms with Crippen molar-refractivity contribution in [2.24, 2.45) is 5.73 Å². The lowest BCUT2D eigenvalue weighted by molar-refractivity contribution is 0.345. The quantitative estimate of drug-likeness (QED) is 0.881. The van der Waals surface area contributed by atoms with Gasteiger partial charge in [-0.3, -0.25) is 0 Å². The molecular weight excluding hydrogens is 355 g/mol. The number of aromatic nitrogens is 2. The van der Waals surface area contributed by atoms with Gasteiger partial charge in [0.05, 0.1) is 0 Å². The largest absolute Gasteiger partial charge is 0.352 e. The van der Waals surface area contributed by atoms with Crippen LogP contribution in [0.4, 0.5) is 5.82 Å². The van der Waals surface area contributed by atoms with Crippen LogP contribution in [0.1, 0.15) is 36.4 Å². The molecule has 0 unspecified atom stereocenters. The van der Waals surface area contributed by atoms with Crippen LogP contribution in [0.25, 0.3) is 5.57 Å². The maximum atomic E-state index is 5.90. The Kier molecular flexibility index (Phi) is 6.82. The van der Waals surface area contributed by atoms with Gasteiger partial charge in [0, 0.05) is 36.8 Å². The standard InChI is InChI=1S/C19H22N4.2ClH/c20-17-10-16(11-17)18-12-19(22-13-21-18)23-8-6-15(7-9-23)14-4-2-1-3-5-14;;/h1-6,12-13,16-17H,7-11,20H2;2*1H. The van der Waals surface area contributed by atoms with Gasteiger partial charge in [-0.2, -0.15) is 0 Å². The summed E-state index contributed by atoms with van der Waals surface area (Å²) in [6, 6.07) is 13.1. The minimum Gasteiger partial charge on any atom is -0.352 e. The fourth-order valence-corrected chi connectivity index (χ4v) is 3.45. The second kappa shape index (κ2) is 8.65. The topological polar surface area (TPSA) is 55.0 Å². The van der Waals surface area contributed by atoms with Gasteiger partial charge in [0.25, 0.3) is 0 Å². The molecule has 2 heterocycles. The van der Waals surface area contributed by atoms with Crippen LogP contribution in [0.2, 0.25) is 0 Å². The van der Waals surface area contributed by atoms with Crippen LogP contribution in [0.5, 0.6) is 0 Å². The fourth-order valence-electron chi connectivity index (χ4n) is 3.45. The number of anilines is 1. The summed E-state index contributed by atoms with van der Waals surface area (Å²) in [5.41, 5.74) is 9.81. The van der Waals surface area contributed by atoms with Crippen LogP contribution < -0.4 is 10.6 Å². The highest BCUT2D eigenvalue weighted by Crippen LogP contribution is 2.35. The summed E-state index contributed by atoms with van der Waals surface area (Å²) in [5.74, 6) is 1.56. The second-order valence-corrected chi connectivity index (χ2v) is 6.52. The first-order valence-corrected chi connectivity index (χ1v) is 8.36. The molecule has 1 aromatic carbocycles. The summed E-state index contributed by atoms with van der Waals surface area (Å²) >= 11 is 0. The van der Waals surface area contributed by atoms with Gasteiger partial charge in [-0.1, -0.05) is 36.4 Å². The Morgan fingerprint density at radius 3 is 2.44 bits per heavy atom. The van der Waals surface area contributed by atoms with E-state index in [-0.39, 0.29) is 24.8 Å². The molecule has 1 fully saturated rings. The summed E-state index contributed by atoms with van der Waals surface area (Å²) in [7, 11) is 0. The normalized spacial score (nSPS) is 22.1. The van der Waals surface area contributed by atoms with Crippen molar-refractivity contribution < 1.29 is 0 Å². The van der Waals surface area contributed by atoms with Crippen molar-refractivity contribution in [1.82, 2.24) is 9.97 Å². The maximum absolute atomic E-state index is 5.90. The number of benzene rings is 1. The van der Waals surface area contributed by atoms with Crippen molar-refractivity contribution in [1.29, 1.82) is 0 Å². The van der Waals surface area contributed by atoms with Crippen molar-refractivity contribution >= 4 is 36.2 Å². The molecule has 0 saturated heterocycles. The minimum absolute atomic E-state index is 0. The summed E-state index contributed by atoms with van der Waals surface area (Å²) < 4.78 is 0. The van der Waals surface area contributed by atoms with Gasteiger partial charge in [0.2, 0.25) is 0 Å². The molecule has 0 amide bonds. The highest BCUT2D eigenvalue weighted by molar-refractivity contribution is 5.85. The second-order valence-electron chi connectivity index (χ2n) is 6.52. The molecule has 25 heavy (non-hydrogen) atoms. The summed E-state index contributed by atoms with van der Waals surface area (Å²) in [5, 5.41) is 0. The monoisotopic (exact) mass is 378 g/mol. The third kappa shape index (κ3) is 4.32. The molecule has 4 nitrogen and oxygen atoms in total. The molecule has 4 rings (SSSR count). The van der Waals surface area contributed by atoms with E-state index < -0.39 is 0 Å². The van der Waals surface area contributed by atoms with E-state index in [0.717, 1.165) is 43.9 Å². The summed E-state index contributed by atoms with van der Waals surface area (Å²) in [4.78, 5) is 11.2. The minimum atomic E-state index is 0. The molecule has 1 aliphatic carbocycles. The zero-order valence-electron chi connectivity index (χ0n) is 14.0. The number of hydrogen-bond donors (Lipinski definition) is 1. The SMILES string of the molecule is Cl.Cl.NC1CC(c2cc(N3CC=C(c4ccccc4)CC3)ncn2)C1. The Morgan fingerprint density at radius 1 is 1.04 bits per heavy atom. The Morgan fingerprint density at radius 2 is 1.80 bits per heavy atom. The molecule has 2 aromatic rings. The summed E-state index contributed by atoms with van der Waals surface area (Å²) in [6.07, 6.45) is 7.17. The van der Waals surface area contributed by atoms with E-state index in [9.17, 15) is 0 Å². The maximum Gasteiger partial charge on any atom is 0.132 e. The third-order valence-electron chi connectivity index (χ3n) is 4.94. The molecule has 1 saturated carbocycles. The van der Waals surface area contributed by atoms with Crippen LogP contribution in [0.15, 0.2) is 48.8 Å². The Balaban J connectivity index is 0.00000113. The van der Waals surface area contributed by atoms with Crippen molar-refractivity contribution in [3.63, 3.8) is 0 Å². The van der Waals surface area contributed by atoms with Crippen LogP contribution in [-0.4, -0.2) is 29.1 Å². The van der Waals surface area contributed by atoms with E-state index in [2.05, 4.69) is 57.3 Å². The highest BCUT2D eigenvalue weighted by Gasteiger charge is 2.29. The zero-order valence-corrected chi connectivity index (χ0v) is 15.7. The molecule has 134 valence electrons. The van der Waals surface area contributed by atoms with E-state index in [1.165, 1.54) is 11.1 Å². The number of halogens is 2. The van der Waals surface area contributed by atoms with Gasteiger partial charge in [0.1, 0.15) is 12.1 Å². The van der Waals surface area contributed by atoms with E-state index in [0.29, 0.717) is 12.0 Å². The zero-order chi connectivity index (χ0) is 15.6.